The maximum Gasteiger partial charge on any atom is 0.424 e. The second kappa shape index (κ2) is 13.5. The minimum atomic E-state index is -5.41. The molecule has 2 aromatic heterocycles. The number of ether oxygens (including phenoxy) is 2. The monoisotopic (exact) mass is 718 g/mol. The molecule has 1 aliphatic carbocycles. The predicted octanol–water partition coefficient (Wildman–Crippen LogP) is 3.30. The molecule has 0 radical (unpaired) electrons. The van der Waals surface area contributed by atoms with E-state index in [1.54, 1.807) is 13.8 Å². The number of nitrogens with one attached hydrogen (secondary N) is 1. The molecule has 3 unspecified atom stereocenters. The van der Waals surface area contributed by atoms with E-state index in [1.165, 1.54) is 31.4 Å². The quantitative estimate of drug-likeness (QED) is 0.113. The van der Waals surface area contributed by atoms with Gasteiger partial charge in [-0.3, -0.25) is 14.4 Å². The van der Waals surface area contributed by atoms with Gasteiger partial charge in [-0.25, -0.2) is 14.4 Å². The molecule has 1 aliphatic rings. The molecule has 50 heavy (non-hydrogen) atoms. The maximum atomic E-state index is 14.8. The minimum absolute atomic E-state index is 0.0459. The Bertz CT molecular complexity index is 1970. The molecule has 0 bridgehead atoms. The lowest BCUT2D eigenvalue weighted by molar-refractivity contribution is -0.265. The first-order valence-electron chi connectivity index (χ1n) is 15.3. The van der Waals surface area contributed by atoms with Crippen LogP contribution in [-0.4, -0.2) is 58.7 Å². The van der Waals surface area contributed by atoms with Gasteiger partial charge in [0.05, 0.1) is 29.7 Å². The number of nitrogens with two attached hydrogens (primary N) is 3. The maximum absolute atomic E-state index is 14.8. The summed E-state index contributed by atoms with van der Waals surface area (Å²) in [6.45, 7) is 1.91. The lowest BCUT2D eigenvalue weighted by Crippen LogP contribution is -2.52. The molecule has 266 valence electrons. The number of methoxy groups -OCH3 is 1. The number of halogens is 4. The molecule has 5 rings (SSSR count). The number of fused-ring (bicyclic) bond motifs is 2. The number of thiazole rings is 1. The number of primary amides is 1. The van der Waals surface area contributed by atoms with Crippen LogP contribution < -0.4 is 27.3 Å². The topological polar surface area (TPSA) is 206 Å². The fraction of sp³-hybridized carbons (Fsp3) is 0.364. The van der Waals surface area contributed by atoms with Gasteiger partial charge in [0.2, 0.25) is 11.5 Å². The summed E-state index contributed by atoms with van der Waals surface area (Å²) >= 11 is 1.06. The molecule has 8 N–H and O–H groups in total. The molecule has 4 aromatic rings. The summed E-state index contributed by atoms with van der Waals surface area (Å²) in [7, 11) is 1.31. The third-order valence-corrected chi connectivity index (χ3v) is 9.62. The molecule has 0 saturated heterocycles. The summed E-state index contributed by atoms with van der Waals surface area (Å²) in [5.74, 6) is -3.30. The van der Waals surface area contributed by atoms with Crippen molar-refractivity contribution in [3.63, 3.8) is 0 Å². The van der Waals surface area contributed by atoms with Crippen LogP contribution in [0.4, 0.5) is 17.6 Å². The van der Waals surface area contributed by atoms with Crippen LogP contribution in [0.15, 0.2) is 42.5 Å². The van der Waals surface area contributed by atoms with Gasteiger partial charge in [-0.15, -0.1) is 11.3 Å². The van der Waals surface area contributed by atoms with E-state index in [-0.39, 0.29) is 53.5 Å². The van der Waals surface area contributed by atoms with Gasteiger partial charge < -0.3 is 37.1 Å². The van der Waals surface area contributed by atoms with Crippen molar-refractivity contribution in [2.24, 2.45) is 23.1 Å². The van der Waals surface area contributed by atoms with Gasteiger partial charge in [0.25, 0.3) is 5.91 Å². The van der Waals surface area contributed by atoms with Gasteiger partial charge in [-0.2, -0.15) is 13.2 Å². The molecule has 2 amide bonds. The highest BCUT2D eigenvalue weighted by Gasteiger charge is 2.57. The third kappa shape index (κ3) is 6.73. The summed E-state index contributed by atoms with van der Waals surface area (Å²) in [6, 6.07) is 7.38. The molecule has 2 aromatic carbocycles. The largest absolute Gasteiger partial charge is 0.494 e. The Morgan fingerprint density at radius 3 is 2.40 bits per heavy atom. The first kappa shape index (κ1) is 36.6. The molecule has 17 heteroatoms. The average molecular weight is 719 g/mol. The van der Waals surface area contributed by atoms with Crippen LogP contribution in [0.1, 0.15) is 52.5 Å². The Morgan fingerprint density at radius 2 is 1.80 bits per heavy atom. The van der Waals surface area contributed by atoms with Crippen LogP contribution in [0.25, 0.3) is 21.5 Å². The number of carbonyl (C=O) groups is 3. The summed E-state index contributed by atoms with van der Waals surface area (Å²) in [6.07, 6.45) is -5.34. The highest BCUT2D eigenvalue weighted by Crippen LogP contribution is 2.45. The number of pyridine rings is 1. The Balaban J connectivity index is 1.48. The van der Waals surface area contributed by atoms with Gasteiger partial charge in [0.1, 0.15) is 40.3 Å². The number of rotatable bonds is 11. The Kier molecular flexibility index (Phi) is 9.90. The van der Waals surface area contributed by atoms with Gasteiger partial charge >= 0.3 is 12.1 Å². The van der Waals surface area contributed by atoms with E-state index in [4.69, 9.17) is 26.7 Å². The molecule has 3 atom stereocenters. The van der Waals surface area contributed by atoms with E-state index >= 15 is 0 Å². The zero-order valence-corrected chi connectivity index (χ0v) is 27.9. The average Bonchev–Trinajstić information content (AvgIpc) is 3.65. The number of alkyl halides is 3. The van der Waals surface area contributed by atoms with E-state index in [0.717, 1.165) is 29.5 Å². The van der Waals surface area contributed by atoms with E-state index in [0.29, 0.717) is 20.8 Å². The number of aromatic nitrogens is 2. The lowest BCUT2D eigenvalue weighted by atomic mass is 9.87. The zero-order chi connectivity index (χ0) is 36.8. The number of esters is 1. The van der Waals surface area contributed by atoms with Crippen molar-refractivity contribution in [3.05, 3.63) is 75.7 Å². The van der Waals surface area contributed by atoms with Crippen molar-refractivity contribution in [2.45, 2.75) is 56.7 Å². The molecule has 2 heterocycles. The van der Waals surface area contributed by atoms with Crippen LogP contribution in [0.5, 0.6) is 5.75 Å². The van der Waals surface area contributed by atoms with Gasteiger partial charge in [-0.05, 0) is 72.4 Å². The van der Waals surface area contributed by atoms with Crippen molar-refractivity contribution in [1.82, 2.24) is 15.3 Å². The van der Waals surface area contributed by atoms with Crippen LogP contribution >= 0.6 is 11.3 Å². The first-order chi connectivity index (χ1) is 23.4. The highest BCUT2D eigenvalue weighted by atomic mass is 32.1. The van der Waals surface area contributed by atoms with Crippen molar-refractivity contribution in [2.75, 3.05) is 13.7 Å². The standard InChI is InChI=1S/C33H34F4N6O6S/c1-15(2)25(38)29(45)49-13-24-43-27-21(48-3)10-17(11-22(27)50-24)28(44)41-14-32(47,33(35,36)37)23-12-20-19(8-9-31(20,40)30(39)46)26(42-23)16-4-6-18(34)7-5-16/h4-7,10-12,15,25,47H,8-9,13-14,38,40H2,1-3H3,(H2,39,46)(H,41,44). The fourth-order valence-electron chi connectivity index (χ4n) is 5.53. The smallest absolute Gasteiger partial charge is 0.424 e. The van der Waals surface area contributed by atoms with E-state index in [2.05, 4.69) is 15.3 Å². The molecule has 12 nitrogen and oxygen atoms in total. The van der Waals surface area contributed by atoms with Crippen LogP contribution in [0.2, 0.25) is 0 Å². The molecule has 0 spiro atoms. The second-order valence-corrected chi connectivity index (χ2v) is 13.4. The SMILES string of the molecule is COc1cc(C(=O)NCC(O)(c2cc3c(c(-c4ccc(F)cc4)n2)CCC3(N)C(N)=O)C(F)(F)F)cc2sc(COC(=O)C(N)C(C)C)nc12. The minimum Gasteiger partial charge on any atom is -0.494 e. The van der Waals surface area contributed by atoms with Crippen molar-refractivity contribution in [1.29, 1.82) is 0 Å². The van der Waals surface area contributed by atoms with Crippen LogP contribution in [-0.2, 0) is 38.5 Å². The van der Waals surface area contributed by atoms with Gasteiger partial charge in [0.15, 0.2) is 0 Å². The normalized spacial score (nSPS) is 17.7. The molecule has 0 fully saturated rings. The third-order valence-electron chi connectivity index (χ3n) is 8.64. The summed E-state index contributed by atoms with van der Waals surface area (Å²) in [5.41, 5.74) is 11.6. The lowest BCUT2D eigenvalue weighted by Gasteiger charge is -2.32. The van der Waals surface area contributed by atoms with Crippen molar-refractivity contribution in [3.8, 4) is 17.0 Å². The van der Waals surface area contributed by atoms with Crippen LogP contribution in [0, 0.1) is 11.7 Å². The number of nitrogens with zero attached hydrogens (tertiary/aromatic N) is 2. The first-order valence-corrected chi connectivity index (χ1v) is 16.1. The van der Waals surface area contributed by atoms with Crippen molar-refractivity contribution < 1.29 is 46.5 Å². The number of carbonyl (C=O) groups excluding carboxylic acids is 3. The van der Waals surface area contributed by atoms with E-state index in [1.807, 2.05) is 0 Å². The summed E-state index contributed by atoms with van der Waals surface area (Å²) < 4.78 is 69.2. The highest BCUT2D eigenvalue weighted by molar-refractivity contribution is 7.18. The number of benzene rings is 2. The molecule has 0 aliphatic heterocycles. The predicted molar refractivity (Wildman–Crippen MR) is 174 cm³/mol. The molecular weight excluding hydrogens is 684 g/mol. The summed E-state index contributed by atoms with van der Waals surface area (Å²) in [5, 5.41) is 13.8. The Hall–Kier alpha value is -4.71. The van der Waals surface area contributed by atoms with Crippen molar-refractivity contribution >= 4 is 39.3 Å². The number of aliphatic hydroxyl groups is 1. The van der Waals surface area contributed by atoms with Crippen LogP contribution in [0.3, 0.4) is 0 Å². The molecule has 0 saturated carbocycles. The summed E-state index contributed by atoms with van der Waals surface area (Å²) in [4.78, 5) is 46.5. The van der Waals surface area contributed by atoms with E-state index in [9.17, 15) is 37.1 Å². The van der Waals surface area contributed by atoms with E-state index < -0.39 is 59.2 Å². The zero-order valence-electron chi connectivity index (χ0n) is 27.1. The Labute approximate surface area is 287 Å². The van der Waals surface area contributed by atoms with Gasteiger partial charge in [-0.1, -0.05) is 13.8 Å². The fourth-order valence-corrected chi connectivity index (χ4v) is 6.47. The second-order valence-electron chi connectivity index (χ2n) is 12.3. The number of hydrogen-bond donors (Lipinski definition) is 5. The van der Waals surface area contributed by atoms with Gasteiger partial charge in [0, 0.05) is 11.1 Å². The number of hydrogen-bond acceptors (Lipinski definition) is 11. The number of amides is 2. The Morgan fingerprint density at radius 1 is 1.12 bits per heavy atom. The molecular formula is C33H34F4N6O6S.